The van der Waals surface area contributed by atoms with Crippen LogP contribution in [0.5, 0.6) is 5.75 Å². The van der Waals surface area contributed by atoms with E-state index in [1.807, 2.05) is 25.1 Å². The zero-order valence-electron chi connectivity index (χ0n) is 14.3. The van der Waals surface area contributed by atoms with Crippen LogP contribution in [0.3, 0.4) is 0 Å². The van der Waals surface area contributed by atoms with E-state index in [1.165, 1.54) is 17.7 Å². The van der Waals surface area contributed by atoms with Gasteiger partial charge < -0.3 is 10.1 Å². The summed E-state index contributed by atoms with van der Waals surface area (Å²) < 4.78 is 19.3. The molecule has 3 heteroatoms. The first-order valence-electron chi connectivity index (χ1n) is 8.72. The molecule has 0 bridgehead atoms. The van der Waals surface area contributed by atoms with Gasteiger partial charge in [-0.25, -0.2) is 4.39 Å². The lowest BCUT2D eigenvalue weighted by atomic mass is 9.77. The van der Waals surface area contributed by atoms with E-state index in [-0.39, 0.29) is 11.9 Å². The van der Waals surface area contributed by atoms with Gasteiger partial charge in [0.15, 0.2) is 0 Å². The smallest absolute Gasteiger partial charge is 0.143 e. The Morgan fingerprint density at radius 1 is 1.24 bits per heavy atom. The third kappa shape index (κ3) is 2.95. The molecular formula is C22H22FNO. The van der Waals surface area contributed by atoms with E-state index >= 15 is 0 Å². The molecule has 0 amide bonds. The van der Waals surface area contributed by atoms with Crippen LogP contribution >= 0.6 is 0 Å². The molecule has 0 aromatic heterocycles. The van der Waals surface area contributed by atoms with E-state index in [0.29, 0.717) is 18.4 Å². The Bertz CT molecular complexity index is 824. The van der Waals surface area contributed by atoms with Crippen molar-refractivity contribution < 1.29 is 9.13 Å². The van der Waals surface area contributed by atoms with Crippen molar-refractivity contribution in [1.29, 1.82) is 0 Å². The molecule has 1 aliphatic carbocycles. The Hall–Kier alpha value is -2.55. The van der Waals surface area contributed by atoms with Gasteiger partial charge in [-0.15, -0.1) is 0 Å². The molecule has 2 nitrogen and oxygen atoms in total. The molecular weight excluding hydrogens is 313 g/mol. The molecule has 25 heavy (non-hydrogen) atoms. The van der Waals surface area contributed by atoms with Crippen LogP contribution in [0, 0.1) is 11.7 Å². The standard InChI is InChI=1S/C22H22FNO/c1-14(2)13-25-20-8-4-7-19-17-5-3-6-18(17)21(24-22(19)20)15-9-11-16(23)12-10-15/h3-5,7-12,17-18,21,24H,1,6,13H2,2H3. The van der Waals surface area contributed by atoms with Crippen molar-refractivity contribution in [2.75, 3.05) is 11.9 Å². The minimum Gasteiger partial charge on any atom is -0.487 e. The molecule has 1 heterocycles. The average Bonchev–Trinajstić information content (AvgIpc) is 3.10. The van der Waals surface area contributed by atoms with Crippen LogP contribution in [0.15, 0.2) is 66.8 Å². The highest BCUT2D eigenvalue weighted by molar-refractivity contribution is 5.67. The van der Waals surface area contributed by atoms with Crippen molar-refractivity contribution in [3.8, 4) is 5.75 Å². The van der Waals surface area contributed by atoms with E-state index in [2.05, 4.69) is 36.2 Å². The summed E-state index contributed by atoms with van der Waals surface area (Å²) >= 11 is 0. The first-order chi connectivity index (χ1) is 12.1. The second-order valence-corrected chi connectivity index (χ2v) is 6.99. The first kappa shape index (κ1) is 15.9. The lowest BCUT2D eigenvalue weighted by Crippen LogP contribution is -2.29. The normalized spacial score (nSPS) is 23.5. The van der Waals surface area contributed by atoms with Gasteiger partial charge in [0.05, 0.1) is 11.7 Å². The van der Waals surface area contributed by atoms with Crippen LogP contribution in [0.4, 0.5) is 10.1 Å². The molecule has 0 saturated heterocycles. The minimum absolute atomic E-state index is 0.141. The summed E-state index contributed by atoms with van der Waals surface area (Å²) in [7, 11) is 0. The maximum absolute atomic E-state index is 13.3. The summed E-state index contributed by atoms with van der Waals surface area (Å²) in [6.45, 7) is 6.38. The molecule has 2 aliphatic rings. The van der Waals surface area contributed by atoms with E-state index in [1.54, 1.807) is 0 Å². The highest BCUT2D eigenvalue weighted by Gasteiger charge is 2.38. The van der Waals surface area contributed by atoms with E-state index in [0.717, 1.165) is 29.0 Å². The monoisotopic (exact) mass is 335 g/mol. The summed E-state index contributed by atoms with van der Waals surface area (Å²) in [4.78, 5) is 0. The van der Waals surface area contributed by atoms with Gasteiger partial charge in [-0.2, -0.15) is 0 Å². The van der Waals surface area contributed by atoms with Gasteiger partial charge in [0.25, 0.3) is 0 Å². The average molecular weight is 335 g/mol. The molecule has 0 spiro atoms. The number of allylic oxidation sites excluding steroid dienone is 2. The summed E-state index contributed by atoms with van der Waals surface area (Å²) in [5.41, 5.74) is 4.42. The van der Waals surface area contributed by atoms with Crippen molar-refractivity contribution in [3.63, 3.8) is 0 Å². The second-order valence-electron chi connectivity index (χ2n) is 6.99. The fraction of sp³-hybridized carbons (Fsp3) is 0.273. The maximum atomic E-state index is 13.3. The fourth-order valence-corrected chi connectivity index (χ4v) is 3.91. The highest BCUT2D eigenvalue weighted by Crippen LogP contribution is 2.52. The summed E-state index contributed by atoms with van der Waals surface area (Å²) in [6.07, 6.45) is 5.57. The van der Waals surface area contributed by atoms with Crippen molar-refractivity contribution in [2.45, 2.75) is 25.3 Å². The van der Waals surface area contributed by atoms with Crippen LogP contribution in [-0.2, 0) is 0 Å². The lowest BCUT2D eigenvalue weighted by molar-refractivity contribution is 0.348. The number of hydrogen-bond acceptors (Lipinski definition) is 2. The molecule has 0 fully saturated rings. The van der Waals surface area contributed by atoms with Gasteiger partial charge in [0.1, 0.15) is 18.2 Å². The SMILES string of the molecule is C=C(C)COc1cccc2c1NC(c1ccc(F)cc1)C1CC=CC21. The molecule has 2 aromatic carbocycles. The van der Waals surface area contributed by atoms with Crippen LogP contribution in [0.2, 0.25) is 0 Å². The van der Waals surface area contributed by atoms with Gasteiger partial charge in [-0.05, 0) is 54.2 Å². The summed E-state index contributed by atoms with van der Waals surface area (Å²) in [5, 5.41) is 3.68. The van der Waals surface area contributed by atoms with E-state index < -0.39 is 0 Å². The maximum Gasteiger partial charge on any atom is 0.143 e. The first-order valence-corrected chi connectivity index (χ1v) is 8.72. The van der Waals surface area contributed by atoms with Crippen molar-refractivity contribution in [2.24, 2.45) is 5.92 Å². The third-order valence-electron chi connectivity index (χ3n) is 5.06. The highest BCUT2D eigenvalue weighted by atomic mass is 19.1. The predicted octanol–water partition coefficient (Wildman–Crippen LogP) is 5.61. The minimum atomic E-state index is -0.202. The van der Waals surface area contributed by atoms with Gasteiger partial charge in [0.2, 0.25) is 0 Å². The van der Waals surface area contributed by atoms with Crippen LogP contribution in [0.1, 0.15) is 36.4 Å². The number of rotatable bonds is 4. The zero-order chi connectivity index (χ0) is 17.4. The molecule has 3 unspecified atom stereocenters. The zero-order valence-corrected chi connectivity index (χ0v) is 14.3. The largest absolute Gasteiger partial charge is 0.487 e. The Kier molecular flexibility index (Phi) is 4.08. The van der Waals surface area contributed by atoms with E-state index in [9.17, 15) is 4.39 Å². The number of nitrogens with one attached hydrogen (secondary N) is 1. The summed E-state index contributed by atoms with van der Waals surface area (Å²) in [6, 6.07) is 13.2. The fourth-order valence-electron chi connectivity index (χ4n) is 3.91. The topological polar surface area (TPSA) is 21.3 Å². The number of halogens is 1. The Morgan fingerprint density at radius 2 is 2.04 bits per heavy atom. The predicted molar refractivity (Wildman–Crippen MR) is 99.5 cm³/mol. The number of benzene rings is 2. The van der Waals surface area contributed by atoms with Crippen molar-refractivity contribution in [1.82, 2.24) is 0 Å². The Labute approximate surface area is 148 Å². The van der Waals surface area contributed by atoms with E-state index in [4.69, 9.17) is 4.74 Å². The van der Waals surface area contributed by atoms with Crippen molar-refractivity contribution >= 4 is 5.69 Å². The summed E-state index contributed by atoms with van der Waals surface area (Å²) in [5.74, 6) is 1.45. The second kappa shape index (κ2) is 6.40. The number of hydrogen-bond donors (Lipinski definition) is 1. The van der Waals surface area contributed by atoms with Gasteiger partial charge in [0, 0.05) is 5.92 Å². The Balaban J connectivity index is 1.73. The number of anilines is 1. The molecule has 3 atom stereocenters. The van der Waals surface area contributed by atoms with Crippen molar-refractivity contribution in [3.05, 3.63) is 83.7 Å². The molecule has 128 valence electrons. The molecule has 0 saturated carbocycles. The number of ether oxygens (including phenoxy) is 1. The Morgan fingerprint density at radius 3 is 2.80 bits per heavy atom. The quantitative estimate of drug-likeness (QED) is 0.734. The van der Waals surface area contributed by atoms with Gasteiger partial charge >= 0.3 is 0 Å². The molecule has 0 radical (unpaired) electrons. The molecule has 1 N–H and O–H groups in total. The van der Waals surface area contributed by atoms with Crippen LogP contribution in [-0.4, -0.2) is 6.61 Å². The third-order valence-corrected chi connectivity index (χ3v) is 5.06. The van der Waals surface area contributed by atoms with Crippen LogP contribution < -0.4 is 10.1 Å². The number of para-hydroxylation sites is 1. The van der Waals surface area contributed by atoms with Gasteiger partial charge in [-0.1, -0.05) is 43.0 Å². The van der Waals surface area contributed by atoms with Gasteiger partial charge in [-0.3, -0.25) is 0 Å². The number of fused-ring (bicyclic) bond motifs is 3. The van der Waals surface area contributed by atoms with Crippen LogP contribution in [0.25, 0.3) is 0 Å². The lowest BCUT2D eigenvalue weighted by Gasteiger charge is -2.38. The molecule has 1 aliphatic heterocycles. The molecule has 2 aromatic rings. The molecule has 4 rings (SSSR count).